The van der Waals surface area contributed by atoms with Gasteiger partial charge in [0.25, 0.3) is 0 Å². The van der Waals surface area contributed by atoms with Crippen LogP contribution in [0.25, 0.3) is 0 Å². The molecule has 0 saturated carbocycles. The minimum Gasteiger partial charge on any atom is -0.492 e. The Balaban J connectivity index is 1.89. The molecule has 0 aromatic heterocycles. The summed E-state index contributed by atoms with van der Waals surface area (Å²) in [5, 5.41) is 0. The molecule has 0 unspecified atom stereocenters. The van der Waals surface area contributed by atoms with E-state index in [1.165, 1.54) is 18.2 Å². The van der Waals surface area contributed by atoms with Crippen LogP contribution in [-0.2, 0) is 16.6 Å². The lowest BCUT2D eigenvalue weighted by Gasteiger charge is -2.14. The summed E-state index contributed by atoms with van der Waals surface area (Å²) in [5.41, 5.74) is 0.0763. The maximum atomic E-state index is 12.3. The standard InChI is InChI=1S/C16H16F3NO4S/c17-16(18,19)24-15-9-5-4-6-13(15)12-20-25(21,22)11-10-23-14-7-2-1-3-8-14/h1-9,20H,10-12H2. The van der Waals surface area contributed by atoms with E-state index in [0.717, 1.165) is 6.07 Å². The molecule has 0 aliphatic heterocycles. The molecule has 0 amide bonds. The van der Waals surface area contributed by atoms with Gasteiger partial charge in [-0.05, 0) is 18.2 Å². The number of hydrogen-bond donors (Lipinski definition) is 1. The topological polar surface area (TPSA) is 64.6 Å². The third kappa shape index (κ3) is 7.02. The van der Waals surface area contributed by atoms with Crippen molar-refractivity contribution in [3.8, 4) is 11.5 Å². The van der Waals surface area contributed by atoms with Crippen LogP contribution in [0, 0.1) is 0 Å². The van der Waals surface area contributed by atoms with Crippen LogP contribution in [0.4, 0.5) is 13.2 Å². The second-order valence-corrected chi connectivity index (χ2v) is 6.88. The largest absolute Gasteiger partial charge is 0.573 e. The molecule has 0 radical (unpaired) electrons. The van der Waals surface area contributed by atoms with Crippen molar-refractivity contribution in [2.45, 2.75) is 12.9 Å². The minimum atomic E-state index is -4.85. The van der Waals surface area contributed by atoms with E-state index in [-0.39, 0.29) is 24.5 Å². The molecule has 0 heterocycles. The van der Waals surface area contributed by atoms with E-state index in [0.29, 0.717) is 5.75 Å². The molecule has 136 valence electrons. The van der Waals surface area contributed by atoms with Crippen molar-refractivity contribution in [1.82, 2.24) is 4.72 Å². The SMILES string of the molecule is O=S(=O)(CCOc1ccccc1)NCc1ccccc1OC(F)(F)F. The normalized spacial score (nSPS) is 12.0. The van der Waals surface area contributed by atoms with Crippen LogP contribution in [0.1, 0.15) is 5.56 Å². The second kappa shape index (κ2) is 8.21. The van der Waals surface area contributed by atoms with Crippen LogP contribution < -0.4 is 14.2 Å². The smallest absolute Gasteiger partial charge is 0.492 e. The van der Waals surface area contributed by atoms with E-state index in [1.54, 1.807) is 30.3 Å². The Morgan fingerprint density at radius 3 is 2.28 bits per heavy atom. The zero-order valence-corrected chi connectivity index (χ0v) is 13.8. The third-order valence-electron chi connectivity index (χ3n) is 3.04. The number of alkyl halides is 3. The molecule has 5 nitrogen and oxygen atoms in total. The molecule has 9 heteroatoms. The first-order chi connectivity index (χ1) is 11.8. The van der Waals surface area contributed by atoms with Crippen LogP contribution in [-0.4, -0.2) is 27.1 Å². The van der Waals surface area contributed by atoms with Crippen LogP contribution in [0.3, 0.4) is 0 Å². The van der Waals surface area contributed by atoms with E-state index in [1.807, 2.05) is 0 Å². The average Bonchev–Trinajstić information content (AvgIpc) is 2.53. The summed E-state index contributed by atoms with van der Waals surface area (Å²) in [6, 6.07) is 14.0. The molecule has 0 spiro atoms. The highest BCUT2D eigenvalue weighted by molar-refractivity contribution is 7.89. The molecular formula is C16H16F3NO4S. The number of hydrogen-bond acceptors (Lipinski definition) is 4. The summed E-state index contributed by atoms with van der Waals surface area (Å²) in [6.07, 6.45) is -4.85. The van der Waals surface area contributed by atoms with E-state index in [2.05, 4.69) is 9.46 Å². The molecule has 0 aliphatic carbocycles. The maximum absolute atomic E-state index is 12.3. The Kier molecular flexibility index (Phi) is 6.27. The summed E-state index contributed by atoms with van der Waals surface area (Å²) in [7, 11) is -3.72. The number of halogens is 3. The zero-order valence-electron chi connectivity index (χ0n) is 13.0. The van der Waals surface area contributed by atoms with Gasteiger partial charge in [-0.25, -0.2) is 13.1 Å². The van der Waals surface area contributed by atoms with Gasteiger partial charge in [-0.3, -0.25) is 0 Å². The first-order valence-electron chi connectivity index (χ1n) is 7.24. The van der Waals surface area contributed by atoms with Gasteiger partial charge in [-0.2, -0.15) is 0 Å². The van der Waals surface area contributed by atoms with Gasteiger partial charge in [-0.15, -0.1) is 13.2 Å². The summed E-state index contributed by atoms with van der Waals surface area (Å²) in [6.45, 7) is -0.403. The van der Waals surface area contributed by atoms with Gasteiger partial charge in [-0.1, -0.05) is 36.4 Å². The Morgan fingerprint density at radius 1 is 0.960 bits per heavy atom. The van der Waals surface area contributed by atoms with Crippen LogP contribution in [0.5, 0.6) is 11.5 Å². The quantitative estimate of drug-likeness (QED) is 0.770. The van der Waals surface area contributed by atoms with Gasteiger partial charge < -0.3 is 9.47 Å². The van der Waals surface area contributed by atoms with Gasteiger partial charge in [0.15, 0.2) is 0 Å². The summed E-state index contributed by atoms with van der Waals surface area (Å²) in [4.78, 5) is 0. The Morgan fingerprint density at radius 2 is 1.60 bits per heavy atom. The van der Waals surface area contributed by atoms with Crippen LogP contribution >= 0.6 is 0 Å². The van der Waals surface area contributed by atoms with Gasteiger partial charge >= 0.3 is 6.36 Å². The number of nitrogens with one attached hydrogen (secondary N) is 1. The molecule has 0 bridgehead atoms. The van der Waals surface area contributed by atoms with Gasteiger partial charge in [0.05, 0.1) is 5.75 Å². The molecule has 1 N–H and O–H groups in total. The monoisotopic (exact) mass is 375 g/mol. The number of ether oxygens (including phenoxy) is 2. The highest BCUT2D eigenvalue weighted by atomic mass is 32.2. The van der Waals surface area contributed by atoms with Crippen molar-refractivity contribution in [3.05, 3.63) is 60.2 Å². The molecule has 25 heavy (non-hydrogen) atoms. The molecule has 0 fully saturated rings. The van der Waals surface area contributed by atoms with Crippen LogP contribution in [0.2, 0.25) is 0 Å². The summed E-state index contributed by atoms with van der Waals surface area (Å²) < 4.78 is 72.3. The molecule has 2 rings (SSSR count). The predicted molar refractivity (Wildman–Crippen MR) is 85.7 cm³/mol. The summed E-state index contributed by atoms with van der Waals surface area (Å²) in [5.74, 6) is -0.246. The van der Waals surface area contributed by atoms with Crippen molar-refractivity contribution in [2.75, 3.05) is 12.4 Å². The maximum Gasteiger partial charge on any atom is 0.573 e. The lowest BCUT2D eigenvalue weighted by Crippen LogP contribution is -2.29. The molecule has 2 aromatic rings. The van der Waals surface area contributed by atoms with Crippen molar-refractivity contribution in [3.63, 3.8) is 0 Å². The van der Waals surface area contributed by atoms with E-state index in [4.69, 9.17) is 4.74 Å². The molecular weight excluding hydrogens is 359 g/mol. The van der Waals surface area contributed by atoms with Crippen molar-refractivity contribution in [2.24, 2.45) is 0 Å². The molecule has 0 aliphatic rings. The molecule has 0 saturated heterocycles. The fourth-order valence-corrected chi connectivity index (χ4v) is 2.74. The highest BCUT2D eigenvalue weighted by Gasteiger charge is 2.32. The van der Waals surface area contributed by atoms with Crippen molar-refractivity contribution in [1.29, 1.82) is 0 Å². The van der Waals surface area contributed by atoms with E-state index >= 15 is 0 Å². The first kappa shape index (κ1) is 19.1. The fourth-order valence-electron chi connectivity index (χ4n) is 1.92. The number of para-hydroxylation sites is 2. The average molecular weight is 375 g/mol. The van der Waals surface area contributed by atoms with Crippen molar-refractivity contribution >= 4 is 10.0 Å². The Bertz CT molecular complexity index is 779. The molecule has 2 aromatic carbocycles. The van der Waals surface area contributed by atoms with Crippen molar-refractivity contribution < 1.29 is 31.1 Å². The lowest BCUT2D eigenvalue weighted by atomic mass is 10.2. The number of rotatable bonds is 8. The number of sulfonamides is 1. The second-order valence-electron chi connectivity index (χ2n) is 4.96. The van der Waals surface area contributed by atoms with Gasteiger partial charge in [0.1, 0.15) is 18.1 Å². The minimum absolute atomic E-state index is 0.0763. The predicted octanol–water partition coefficient (Wildman–Crippen LogP) is 3.08. The van der Waals surface area contributed by atoms with E-state index in [9.17, 15) is 21.6 Å². The van der Waals surface area contributed by atoms with Gasteiger partial charge in [0, 0.05) is 12.1 Å². The zero-order chi connectivity index (χ0) is 18.3. The van der Waals surface area contributed by atoms with Crippen LogP contribution in [0.15, 0.2) is 54.6 Å². The highest BCUT2D eigenvalue weighted by Crippen LogP contribution is 2.26. The third-order valence-corrected chi connectivity index (χ3v) is 4.33. The fraction of sp³-hybridized carbons (Fsp3) is 0.250. The first-order valence-corrected chi connectivity index (χ1v) is 8.89. The Labute approximate surface area is 143 Å². The number of benzene rings is 2. The summed E-state index contributed by atoms with van der Waals surface area (Å²) >= 11 is 0. The Hall–Kier alpha value is -2.26. The van der Waals surface area contributed by atoms with Gasteiger partial charge in [0.2, 0.25) is 10.0 Å². The van der Waals surface area contributed by atoms with E-state index < -0.39 is 22.1 Å². The molecule has 0 atom stereocenters. The lowest BCUT2D eigenvalue weighted by molar-refractivity contribution is -0.274.